The Hall–Kier alpha value is -3.23. The van der Waals surface area contributed by atoms with Gasteiger partial charge in [-0.2, -0.15) is 13.2 Å². The summed E-state index contributed by atoms with van der Waals surface area (Å²) in [7, 11) is 1.35. The standard InChI is InChI=1S/C17H15F3N4O2/c1-25-14-6-12-13(7-15(14)26-8-17(18,19)20)22-9-23-16(12)24-11-4-2-10(21)3-5-11/h2-7,9H,8,21H2,1H3,(H,22,23,24). The lowest BCUT2D eigenvalue weighted by Gasteiger charge is -2.14. The number of halogens is 3. The normalized spacial score (nSPS) is 11.4. The third kappa shape index (κ3) is 4.05. The Kier molecular flexibility index (Phi) is 4.70. The molecule has 0 spiro atoms. The summed E-state index contributed by atoms with van der Waals surface area (Å²) in [6.45, 7) is -1.42. The largest absolute Gasteiger partial charge is 0.493 e. The molecule has 3 rings (SSSR count). The van der Waals surface area contributed by atoms with E-state index in [0.717, 1.165) is 5.69 Å². The molecule has 0 aliphatic rings. The minimum absolute atomic E-state index is 0.0468. The molecule has 0 unspecified atom stereocenters. The van der Waals surface area contributed by atoms with Crippen molar-refractivity contribution in [1.82, 2.24) is 9.97 Å². The molecule has 0 atom stereocenters. The molecule has 6 nitrogen and oxygen atoms in total. The average molecular weight is 364 g/mol. The van der Waals surface area contributed by atoms with E-state index in [9.17, 15) is 13.2 Å². The fourth-order valence-corrected chi connectivity index (χ4v) is 2.30. The number of alkyl halides is 3. The quantitative estimate of drug-likeness (QED) is 0.668. The number of nitrogen functional groups attached to an aromatic ring is 1. The van der Waals surface area contributed by atoms with Crippen LogP contribution in [0.15, 0.2) is 42.7 Å². The molecule has 2 aromatic carbocycles. The van der Waals surface area contributed by atoms with Gasteiger partial charge in [0.15, 0.2) is 18.1 Å². The number of anilines is 3. The van der Waals surface area contributed by atoms with E-state index in [4.69, 9.17) is 15.2 Å². The predicted molar refractivity (Wildman–Crippen MR) is 91.8 cm³/mol. The summed E-state index contributed by atoms with van der Waals surface area (Å²) in [6, 6.07) is 9.93. The first-order chi connectivity index (χ1) is 12.4. The number of aromatic nitrogens is 2. The second-order valence-electron chi connectivity index (χ2n) is 5.39. The van der Waals surface area contributed by atoms with Crippen LogP contribution in [-0.2, 0) is 0 Å². The molecule has 0 saturated heterocycles. The summed E-state index contributed by atoms with van der Waals surface area (Å²) in [5, 5.41) is 3.69. The minimum atomic E-state index is -4.45. The minimum Gasteiger partial charge on any atom is -0.493 e. The first-order valence-electron chi connectivity index (χ1n) is 7.50. The van der Waals surface area contributed by atoms with Gasteiger partial charge in [-0.3, -0.25) is 0 Å². The van der Waals surface area contributed by atoms with Crippen molar-refractivity contribution in [1.29, 1.82) is 0 Å². The number of nitrogens with zero attached hydrogens (tertiary/aromatic N) is 2. The molecule has 0 fully saturated rings. The van der Waals surface area contributed by atoms with Crippen LogP contribution in [0.5, 0.6) is 11.5 Å². The first kappa shape index (κ1) is 17.6. The van der Waals surface area contributed by atoms with Crippen molar-refractivity contribution >= 4 is 28.1 Å². The maximum atomic E-state index is 12.4. The Morgan fingerprint density at radius 1 is 1.08 bits per heavy atom. The summed E-state index contributed by atoms with van der Waals surface area (Å²) in [6.07, 6.45) is -3.14. The van der Waals surface area contributed by atoms with Crippen molar-refractivity contribution in [3.63, 3.8) is 0 Å². The number of nitrogens with two attached hydrogens (primary N) is 1. The van der Waals surface area contributed by atoms with Crippen LogP contribution in [0, 0.1) is 0 Å². The summed E-state index contributed by atoms with van der Waals surface area (Å²) < 4.78 is 47.2. The van der Waals surface area contributed by atoms with E-state index in [0.29, 0.717) is 22.4 Å². The zero-order chi connectivity index (χ0) is 18.7. The number of hydrogen-bond donors (Lipinski definition) is 2. The lowest BCUT2D eigenvalue weighted by atomic mass is 10.2. The lowest BCUT2D eigenvalue weighted by molar-refractivity contribution is -0.153. The fourth-order valence-electron chi connectivity index (χ4n) is 2.30. The summed E-state index contributed by atoms with van der Waals surface area (Å²) in [5.41, 5.74) is 7.44. The first-order valence-corrected chi connectivity index (χ1v) is 7.50. The predicted octanol–water partition coefficient (Wildman–Crippen LogP) is 3.91. The van der Waals surface area contributed by atoms with Crippen LogP contribution in [0.4, 0.5) is 30.4 Å². The van der Waals surface area contributed by atoms with Crippen molar-refractivity contribution in [2.75, 3.05) is 24.8 Å². The maximum Gasteiger partial charge on any atom is 0.422 e. The van der Waals surface area contributed by atoms with Crippen molar-refractivity contribution in [2.45, 2.75) is 6.18 Å². The monoisotopic (exact) mass is 364 g/mol. The number of rotatable bonds is 5. The molecule has 136 valence electrons. The number of benzene rings is 2. The number of methoxy groups -OCH3 is 1. The third-order valence-corrected chi connectivity index (χ3v) is 3.49. The van der Waals surface area contributed by atoms with Crippen LogP contribution in [-0.4, -0.2) is 29.9 Å². The Bertz CT molecular complexity index is 914. The molecular weight excluding hydrogens is 349 g/mol. The van der Waals surface area contributed by atoms with E-state index in [1.807, 2.05) is 0 Å². The van der Waals surface area contributed by atoms with E-state index in [1.54, 1.807) is 24.3 Å². The highest BCUT2D eigenvalue weighted by atomic mass is 19.4. The van der Waals surface area contributed by atoms with E-state index in [-0.39, 0.29) is 11.5 Å². The molecule has 0 saturated carbocycles. The number of nitrogens with one attached hydrogen (secondary N) is 1. The van der Waals surface area contributed by atoms with Crippen molar-refractivity contribution in [3.8, 4) is 11.5 Å². The molecule has 3 aromatic rings. The summed E-state index contributed by atoms with van der Waals surface area (Å²) in [5.74, 6) is 0.576. The lowest BCUT2D eigenvalue weighted by Crippen LogP contribution is -2.19. The molecule has 9 heteroatoms. The Balaban J connectivity index is 1.97. The van der Waals surface area contributed by atoms with Gasteiger partial charge < -0.3 is 20.5 Å². The SMILES string of the molecule is COc1cc2c(Nc3ccc(N)cc3)ncnc2cc1OCC(F)(F)F. The van der Waals surface area contributed by atoms with Crippen LogP contribution in [0.1, 0.15) is 0 Å². The summed E-state index contributed by atoms with van der Waals surface area (Å²) in [4.78, 5) is 8.28. The van der Waals surface area contributed by atoms with Gasteiger partial charge in [0.05, 0.1) is 12.6 Å². The van der Waals surface area contributed by atoms with Crippen LogP contribution >= 0.6 is 0 Å². The smallest absolute Gasteiger partial charge is 0.422 e. The van der Waals surface area contributed by atoms with E-state index < -0.39 is 12.8 Å². The highest BCUT2D eigenvalue weighted by Gasteiger charge is 2.29. The molecule has 0 bridgehead atoms. The van der Waals surface area contributed by atoms with Gasteiger partial charge in [0.2, 0.25) is 0 Å². The van der Waals surface area contributed by atoms with Gasteiger partial charge in [-0.15, -0.1) is 0 Å². The Labute approximate surface area is 146 Å². The molecule has 0 radical (unpaired) electrons. The van der Waals surface area contributed by atoms with Crippen LogP contribution in [0.3, 0.4) is 0 Å². The van der Waals surface area contributed by atoms with E-state index >= 15 is 0 Å². The highest BCUT2D eigenvalue weighted by Crippen LogP contribution is 2.35. The van der Waals surface area contributed by atoms with Gasteiger partial charge in [-0.1, -0.05) is 0 Å². The Morgan fingerprint density at radius 2 is 1.81 bits per heavy atom. The van der Waals surface area contributed by atoms with Gasteiger partial charge in [-0.25, -0.2) is 9.97 Å². The summed E-state index contributed by atoms with van der Waals surface area (Å²) >= 11 is 0. The zero-order valence-electron chi connectivity index (χ0n) is 13.7. The van der Waals surface area contributed by atoms with E-state index in [2.05, 4.69) is 15.3 Å². The zero-order valence-corrected chi connectivity index (χ0v) is 13.7. The van der Waals surface area contributed by atoms with Gasteiger partial charge in [0, 0.05) is 22.8 Å². The number of ether oxygens (including phenoxy) is 2. The number of hydrogen-bond acceptors (Lipinski definition) is 6. The molecule has 0 aliphatic carbocycles. The highest BCUT2D eigenvalue weighted by molar-refractivity contribution is 5.93. The average Bonchev–Trinajstić information content (AvgIpc) is 2.60. The molecule has 0 amide bonds. The third-order valence-electron chi connectivity index (χ3n) is 3.49. The molecular formula is C17H15F3N4O2. The number of fused-ring (bicyclic) bond motifs is 1. The van der Waals surface area contributed by atoms with Crippen molar-refractivity contribution < 1.29 is 22.6 Å². The van der Waals surface area contributed by atoms with E-state index in [1.165, 1.54) is 25.6 Å². The van der Waals surface area contributed by atoms with Gasteiger partial charge >= 0.3 is 6.18 Å². The van der Waals surface area contributed by atoms with Gasteiger partial charge in [0.25, 0.3) is 0 Å². The van der Waals surface area contributed by atoms with Crippen LogP contribution < -0.4 is 20.5 Å². The second kappa shape index (κ2) is 6.95. The molecule has 3 N–H and O–H groups in total. The molecule has 1 heterocycles. The van der Waals surface area contributed by atoms with Crippen molar-refractivity contribution in [3.05, 3.63) is 42.7 Å². The molecule has 26 heavy (non-hydrogen) atoms. The maximum absolute atomic E-state index is 12.4. The van der Waals surface area contributed by atoms with Crippen LogP contribution in [0.2, 0.25) is 0 Å². The molecule has 0 aliphatic heterocycles. The Morgan fingerprint density at radius 3 is 2.46 bits per heavy atom. The van der Waals surface area contributed by atoms with Crippen molar-refractivity contribution in [2.24, 2.45) is 0 Å². The molecule has 1 aromatic heterocycles. The van der Waals surface area contributed by atoms with Crippen LogP contribution in [0.25, 0.3) is 10.9 Å². The second-order valence-corrected chi connectivity index (χ2v) is 5.39. The topological polar surface area (TPSA) is 82.3 Å². The fraction of sp³-hybridized carbons (Fsp3) is 0.176. The van der Waals surface area contributed by atoms with Gasteiger partial charge in [0.1, 0.15) is 12.1 Å². The van der Waals surface area contributed by atoms with Gasteiger partial charge in [-0.05, 0) is 30.3 Å².